The van der Waals surface area contributed by atoms with Gasteiger partial charge in [-0.15, -0.1) is 0 Å². The molecule has 2 aliphatic carbocycles. The lowest BCUT2D eigenvalue weighted by atomic mass is 9.78. The third kappa shape index (κ3) is 3.17. The predicted octanol–water partition coefficient (Wildman–Crippen LogP) is 6.85. The van der Waals surface area contributed by atoms with Gasteiger partial charge in [-0.3, -0.25) is 4.98 Å². The van der Waals surface area contributed by atoms with Crippen LogP contribution in [0.25, 0.3) is 22.0 Å². The van der Waals surface area contributed by atoms with Crippen molar-refractivity contribution in [3.05, 3.63) is 83.6 Å². The number of anilines is 1. The summed E-state index contributed by atoms with van der Waals surface area (Å²) in [6, 6.07) is 7.09. The first-order valence-electron chi connectivity index (χ1n) is 10.8. The van der Waals surface area contributed by atoms with Gasteiger partial charge < -0.3 is 5.32 Å². The second-order valence-electron chi connectivity index (χ2n) is 8.54. The summed E-state index contributed by atoms with van der Waals surface area (Å²) in [7, 11) is 0. The Morgan fingerprint density at radius 2 is 1.90 bits per heavy atom. The molecule has 146 valence electrons. The molecule has 3 atom stereocenters. The Morgan fingerprint density at radius 1 is 1.03 bits per heavy atom. The molecule has 0 fully saturated rings. The van der Waals surface area contributed by atoms with E-state index >= 15 is 0 Å². The molecule has 1 aromatic carbocycles. The molecule has 3 aliphatic rings. The summed E-state index contributed by atoms with van der Waals surface area (Å²) >= 11 is 0. The number of fused-ring (bicyclic) bond motifs is 3. The van der Waals surface area contributed by atoms with Crippen LogP contribution >= 0.6 is 0 Å². The van der Waals surface area contributed by atoms with Crippen LogP contribution in [-0.2, 0) is 0 Å². The minimum absolute atomic E-state index is 0.286. The number of hydrogen-bond acceptors (Lipinski definition) is 2. The van der Waals surface area contributed by atoms with Crippen molar-refractivity contribution in [3.8, 4) is 0 Å². The third-order valence-electron chi connectivity index (χ3n) is 6.30. The topological polar surface area (TPSA) is 24.9 Å². The number of rotatable bonds is 2. The molecule has 0 bridgehead atoms. The highest BCUT2D eigenvalue weighted by Crippen LogP contribution is 2.43. The number of nitrogens with zero attached hydrogens (tertiary/aromatic N) is 1. The van der Waals surface area contributed by atoms with Gasteiger partial charge in [0, 0.05) is 28.6 Å². The van der Waals surface area contributed by atoms with Gasteiger partial charge in [0.25, 0.3) is 0 Å². The van der Waals surface area contributed by atoms with E-state index in [-0.39, 0.29) is 6.04 Å². The van der Waals surface area contributed by atoms with E-state index in [4.69, 9.17) is 4.98 Å². The highest BCUT2D eigenvalue weighted by atomic mass is 14.9. The SMILES string of the molecule is Cc1cc(C2=CCCC=C2)c2ccc3c(c2n1)NC(C)C=C3C1C=CC=CC1C. The Labute approximate surface area is 173 Å². The first-order valence-corrected chi connectivity index (χ1v) is 10.8. The summed E-state index contributed by atoms with van der Waals surface area (Å²) < 4.78 is 0. The number of hydrogen-bond donors (Lipinski definition) is 1. The van der Waals surface area contributed by atoms with E-state index in [0.29, 0.717) is 11.8 Å². The molecule has 1 N–H and O–H groups in total. The molecule has 0 spiro atoms. The maximum Gasteiger partial charge on any atom is 0.0949 e. The Bertz CT molecular complexity index is 1130. The zero-order valence-electron chi connectivity index (χ0n) is 17.4. The standard InChI is InChI=1S/C27H28N2/c1-17-9-7-8-12-21(17)25-16-19(3)29-27-23(25)14-13-22-24(15-18(2)28-26(22)27)20-10-5-4-6-11-20/h5,7-17,19,21,29H,4,6H2,1-3H3. The molecule has 29 heavy (non-hydrogen) atoms. The molecule has 1 aliphatic heterocycles. The van der Waals surface area contributed by atoms with Gasteiger partial charge in [-0.05, 0) is 55.4 Å². The first-order chi connectivity index (χ1) is 14.1. The Hall–Kier alpha value is -2.87. The average molecular weight is 381 g/mol. The maximum absolute atomic E-state index is 5.00. The maximum atomic E-state index is 5.00. The molecular weight excluding hydrogens is 352 g/mol. The average Bonchev–Trinajstić information content (AvgIpc) is 2.73. The summed E-state index contributed by atoms with van der Waals surface area (Å²) in [5.74, 6) is 0.910. The number of nitrogens with one attached hydrogen (secondary N) is 1. The lowest BCUT2D eigenvalue weighted by Gasteiger charge is -2.31. The highest BCUT2D eigenvalue weighted by molar-refractivity contribution is 6.04. The van der Waals surface area contributed by atoms with Crippen molar-refractivity contribution in [2.24, 2.45) is 11.8 Å². The molecule has 2 nitrogen and oxygen atoms in total. The molecule has 0 amide bonds. The summed E-state index contributed by atoms with van der Waals surface area (Å²) in [5, 5.41) is 4.96. The third-order valence-corrected chi connectivity index (χ3v) is 6.30. The largest absolute Gasteiger partial charge is 0.377 e. The number of aromatic nitrogens is 1. The van der Waals surface area contributed by atoms with E-state index in [1.807, 2.05) is 0 Å². The van der Waals surface area contributed by atoms with E-state index in [1.54, 1.807) is 0 Å². The normalized spacial score (nSPS) is 25.4. The van der Waals surface area contributed by atoms with Gasteiger partial charge in [0.1, 0.15) is 0 Å². The van der Waals surface area contributed by atoms with Gasteiger partial charge in [0.15, 0.2) is 0 Å². The van der Waals surface area contributed by atoms with Crippen LogP contribution in [0.5, 0.6) is 0 Å². The van der Waals surface area contributed by atoms with E-state index in [1.165, 1.54) is 33.3 Å². The monoisotopic (exact) mass is 380 g/mol. The van der Waals surface area contributed by atoms with E-state index in [0.717, 1.165) is 24.1 Å². The number of pyridine rings is 1. The molecule has 0 saturated heterocycles. The Morgan fingerprint density at radius 3 is 2.69 bits per heavy atom. The molecule has 0 radical (unpaired) electrons. The van der Waals surface area contributed by atoms with Gasteiger partial charge in [0.2, 0.25) is 0 Å². The van der Waals surface area contributed by atoms with Crippen LogP contribution in [0, 0.1) is 18.8 Å². The lowest BCUT2D eigenvalue weighted by molar-refractivity contribution is 0.617. The Balaban J connectivity index is 1.71. The fraction of sp³-hybridized carbons (Fsp3) is 0.296. The van der Waals surface area contributed by atoms with Crippen molar-refractivity contribution in [2.75, 3.05) is 5.32 Å². The van der Waals surface area contributed by atoms with Crippen LogP contribution in [0.1, 0.15) is 43.5 Å². The summed E-state index contributed by atoms with van der Waals surface area (Å²) in [5.41, 5.74) is 8.68. The molecule has 3 unspecified atom stereocenters. The van der Waals surface area contributed by atoms with Crippen LogP contribution in [0.15, 0.2) is 66.8 Å². The smallest absolute Gasteiger partial charge is 0.0949 e. The number of allylic oxidation sites excluding steroid dienone is 9. The molecule has 1 aromatic heterocycles. The summed E-state index contributed by atoms with van der Waals surface area (Å²) in [6.07, 6.45) is 20.5. The van der Waals surface area contributed by atoms with Crippen LogP contribution in [-0.4, -0.2) is 11.0 Å². The van der Waals surface area contributed by atoms with Crippen molar-refractivity contribution in [1.29, 1.82) is 0 Å². The van der Waals surface area contributed by atoms with E-state index in [2.05, 4.69) is 92.9 Å². The minimum Gasteiger partial charge on any atom is -0.377 e. The number of aryl methyl sites for hydroxylation is 1. The molecule has 5 rings (SSSR count). The minimum atomic E-state index is 0.286. The molecule has 2 heterocycles. The van der Waals surface area contributed by atoms with Crippen LogP contribution in [0.4, 0.5) is 5.69 Å². The first kappa shape index (κ1) is 18.2. The second-order valence-corrected chi connectivity index (χ2v) is 8.54. The van der Waals surface area contributed by atoms with Crippen molar-refractivity contribution in [2.45, 2.75) is 39.7 Å². The predicted molar refractivity (Wildman–Crippen MR) is 125 cm³/mol. The summed E-state index contributed by atoms with van der Waals surface area (Å²) in [4.78, 5) is 5.00. The summed E-state index contributed by atoms with van der Waals surface area (Å²) in [6.45, 7) is 6.65. The van der Waals surface area contributed by atoms with Crippen molar-refractivity contribution < 1.29 is 0 Å². The van der Waals surface area contributed by atoms with Gasteiger partial charge in [0.05, 0.1) is 11.2 Å². The van der Waals surface area contributed by atoms with E-state index < -0.39 is 0 Å². The van der Waals surface area contributed by atoms with Crippen LogP contribution < -0.4 is 5.32 Å². The molecule has 2 heteroatoms. The highest BCUT2D eigenvalue weighted by Gasteiger charge is 2.27. The van der Waals surface area contributed by atoms with Crippen molar-refractivity contribution in [3.63, 3.8) is 0 Å². The molecule has 0 saturated carbocycles. The van der Waals surface area contributed by atoms with Crippen molar-refractivity contribution >= 4 is 27.7 Å². The zero-order valence-corrected chi connectivity index (χ0v) is 17.4. The fourth-order valence-electron chi connectivity index (χ4n) is 4.88. The van der Waals surface area contributed by atoms with E-state index in [9.17, 15) is 0 Å². The second kappa shape index (κ2) is 7.18. The van der Waals surface area contributed by atoms with Crippen molar-refractivity contribution in [1.82, 2.24) is 4.98 Å². The van der Waals surface area contributed by atoms with Crippen LogP contribution in [0.3, 0.4) is 0 Å². The van der Waals surface area contributed by atoms with Crippen LogP contribution in [0.2, 0.25) is 0 Å². The fourth-order valence-corrected chi connectivity index (χ4v) is 4.88. The molecular formula is C27H28N2. The Kier molecular flexibility index (Phi) is 4.50. The van der Waals surface area contributed by atoms with Gasteiger partial charge in [-0.25, -0.2) is 0 Å². The van der Waals surface area contributed by atoms with Gasteiger partial charge in [-0.1, -0.05) is 67.7 Å². The lowest BCUT2D eigenvalue weighted by Crippen LogP contribution is -2.23. The van der Waals surface area contributed by atoms with Gasteiger partial charge >= 0.3 is 0 Å². The zero-order chi connectivity index (χ0) is 20.0. The quantitative estimate of drug-likeness (QED) is 0.616. The van der Waals surface area contributed by atoms with Gasteiger partial charge in [-0.2, -0.15) is 0 Å². The molecule has 2 aromatic rings. The number of benzene rings is 1.